The molecule has 0 saturated heterocycles. The van der Waals surface area contributed by atoms with Crippen LogP contribution < -0.4 is 5.73 Å². The molecule has 3 nitrogen and oxygen atoms in total. The third kappa shape index (κ3) is 4.05. The first-order valence-electron chi connectivity index (χ1n) is 6.46. The molecule has 0 heterocycles. The second-order valence-electron chi connectivity index (χ2n) is 4.53. The molecular formula is C14H23BrN2O. The molecule has 2 atom stereocenters. The van der Waals surface area contributed by atoms with Crippen LogP contribution in [0.5, 0.6) is 0 Å². The largest absolute Gasteiger partial charge is 0.396 e. The van der Waals surface area contributed by atoms with Gasteiger partial charge < -0.3 is 10.8 Å². The molecule has 3 N–H and O–H groups in total. The Morgan fingerprint density at radius 3 is 2.56 bits per heavy atom. The van der Waals surface area contributed by atoms with Gasteiger partial charge in [0.15, 0.2) is 0 Å². The first kappa shape index (κ1) is 15.6. The van der Waals surface area contributed by atoms with Crippen molar-refractivity contribution in [2.45, 2.75) is 32.4 Å². The molecule has 0 radical (unpaired) electrons. The lowest BCUT2D eigenvalue weighted by molar-refractivity contribution is 0.165. The number of nitrogens with zero attached hydrogens (tertiary/aromatic N) is 1. The lowest BCUT2D eigenvalue weighted by atomic mass is 9.99. The van der Waals surface area contributed by atoms with Crippen LogP contribution in [-0.4, -0.2) is 35.7 Å². The molecule has 0 bridgehead atoms. The maximum absolute atomic E-state index is 8.99. The summed E-state index contributed by atoms with van der Waals surface area (Å²) in [6.07, 6.45) is 0.779. The van der Waals surface area contributed by atoms with Crippen LogP contribution in [0.4, 0.5) is 0 Å². The van der Waals surface area contributed by atoms with Gasteiger partial charge in [-0.2, -0.15) is 0 Å². The van der Waals surface area contributed by atoms with Crippen molar-refractivity contribution in [2.24, 2.45) is 5.73 Å². The van der Waals surface area contributed by atoms with Crippen LogP contribution >= 0.6 is 15.9 Å². The molecule has 1 aromatic carbocycles. The summed E-state index contributed by atoms with van der Waals surface area (Å²) in [6.45, 7) is 6.17. The number of nitrogens with two attached hydrogens (primary N) is 1. The molecule has 1 rings (SSSR count). The molecule has 0 saturated carbocycles. The predicted octanol–water partition coefficient (Wildman–Crippen LogP) is 2.54. The number of hydrogen-bond donors (Lipinski definition) is 2. The maximum Gasteiger partial charge on any atom is 0.0507 e. The smallest absolute Gasteiger partial charge is 0.0507 e. The molecule has 18 heavy (non-hydrogen) atoms. The Morgan fingerprint density at radius 2 is 2.06 bits per heavy atom. The minimum atomic E-state index is 0.0438. The predicted molar refractivity (Wildman–Crippen MR) is 79.5 cm³/mol. The van der Waals surface area contributed by atoms with Gasteiger partial charge in [0.05, 0.1) is 6.04 Å². The second kappa shape index (κ2) is 7.89. The SMILES string of the molecule is CCN(CCCO)C(c1ccccc1Br)C(C)N. The molecule has 2 unspecified atom stereocenters. The van der Waals surface area contributed by atoms with Gasteiger partial charge in [0.2, 0.25) is 0 Å². The minimum Gasteiger partial charge on any atom is -0.396 e. The van der Waals surface area contributed by atoms with E-state index in [1.165, 1.54) is 5.56 Å². The fraction of sp³-hybridized carbons (Fsp3) is 0.571. The van der Waals surface area contributed by atoms with Gasteiger partial charge in [-0.3, -0.25) is 4.90 Å². The highest BCUT2D eigenvalue weighted by Crippen LogP contribution is 2.29. The van der Waals surface area contributed by atoms with Gasteiger partial charge in [-0.15, -0.1) is 0 Å². The van der Waals surface area contributed by atoms with E-state index < -0.39 is 0 Å². The van der Waals surface area contributed by atoms with E-state index >= 15 is 0 Å². The topological polar surface area (TPSA) is 49.5 Å². The van der Waals surface area contributed by atoms with Gasteiger partial charge in [0.25, 0.3) is 0 Å². The van der Waals surface area contributed by atoms with Crippen LogP contribution in [0.3, 0.4) is 0 Å². The van der Waals surface area contributed by atoms with E-state index in [4.69, 9.17) is 10.8 Å². The summed E-state index contributed by atoms with van der Waals surface area (Å²) in [4.78, 5) is 2.32. The molecule has 0 aliphatic heterocycles. The molecule has 0 fully saturated rings. The first-order chi connectivity index (χ1) is 8.61. The molecular weight excluding hydrogens is 292 g/mol. The monoisotopic (exact) mass is 314 g/mol. The number of likely N-dealkylation sites (N-methyl/N-ethyl adjacent to an activating group) is 1. The number of rotatable bonds is 7. The van der Waals surface area contributed by atoms with Crippen LogP contribution in [0, 0.1) is 0 Å². The van der Waals surface area contributed by atoms with Crippen molar-refractivity contribution in [3.63, 3.8) is 0 Å². The maximum atomic E-state index is 8.99. The van der Waals surface area contributed by atoms with E-state index in [0.29, 0.717) is 0 Å². The van der Waals surface area contributed by atoms with Crippen LogP contribution in [-0.2, 0) is 0 Å². The standard InChI is InChI=1S/C14H23BrN2O/c1-3-17(9-6-10-18)14(11(2)16)12-7-4-5-8-13(12)15/h4-5,7-8,11,14,18H,3,6,9-10,16H2,1-2H3. The Balaban J connectivity index is 2.97. The molecule has 0 aromatic heterocycles. The van der Waals surface area contributed by atoms with Crippen molar-refractivity contribution in [2.75, 3.05) is 19.7 Å². The Morgan fingerprint density at radius 1 is 1.39 bits per heavy atom. The Labute approximate surface area is 118 Å². The average molecular weight is 315 g/mol. The third-order valence-electron chi connectivity index (χ3n) is 3.12. The lowest BCUT2D eigenvalue weighted by Gasteiger charge is -2.34. The van der Waals surface area contributed by atoms with Gasteiger partial charge in [-0.25, -0.2) is 0 Å². The number of halogens is 1. The molecule has 0 amide bonds. The van der Waals surface area contributed by atoms with Crippen LogP contribution in [0.25, 0.3) is 0 Å². The summed E-state index contributed by atoms with van der Waals surface area (Å²) in [7, 11) is 0. The summed E-state index contributed by atoms with van der Waals surface area (Å²) in [5.74, 6) is 0. The quantitative estimate of drug-likeness (QED) is 0.813. The molecule has 0 aliphatic carbocycles. The van der Waals surface area contributed by atoms with Gasteiger partial charge in [-0.05, 0) is 31.5 Å². The highest BCUT2D eigenvalue weighted by Gasteiger charge is 2.24. The number of benzene rings is 1. The Hall–Kier alpha value is -0.420. The van der Waals surface area contributed by atoms with Crippen LogP contribution in [0.2, 0.25) is 0 Å². The van der Waals surface area contributed by atoms with Gasteiger partial charge in [-0.1, -0.05) is 41.1 Å². The molecule has 0 aliphatic rings. The zero-order valence-corrected chi connectivity index (χ0v) is 12.7. The second-order valence-corrected chi connectivity index (χ2v) is 5.39. The van der Waals surface area contributed by atoms with E-state index in [2.05, 4.69) is 33.8 Å². The third-order valence-corrected chi connectivity index (χ3v) is 3.85. The zero-order chi connectivity index (χ0) is 13.5. The highest BCUT2D eigenvalue weighted by atomic mass is 79.9. The van der Waals surface area contributed by atoms with Crippen molar-refractivity contribution in [1.82, 2.24) is 4.90 Å². The fourth-order valence-corrected chi connectivity index (χ4v) is 2.81. The van der Waals surface area contributed by atoms with Crippen LogP contribution in [0.1, 0.15) is 31.9 Å². The summed E-state index contributed by atoms with van der Waals surface area (Å²) in [5, 5.41) is 8.99. The Kier molecular flexibility index (Phi) is 6.86. The lowest BCUT2D eigenvalue weighted by Crippen LogP contribution is -2.40. The van der Waals surface area contributed by atoms with E-state index in [0.717, 1.165) is 24.0 Å². The summed E-state index contributed by atoms with van der Waals surface area (Å²) < 4.78 is 1.09. The summed E-state index contributed by atoms with van der Waals surface area (Å²) in [6, 6.07) is 8.43. The zero-order valence-electron chi connectivity index (χ0n) is 11.1. The van der Waals surface area contributed by atoms with Crippen molar-refractivity contribution in [3.8, 4) is 0 Å². The summed E-state index contributed by atoms with van der Waals surface area (Å²) in [5.41, 5.74) is 7.38. The number of aliphatic hydroxyl groups excluding tert-OH is 1. The van der Waals surface area contributed by atoms with Crippen LogP contribution in [0.15, 0.2) is 28.7 Å². The summed E-state index contributed by atoms with van der Waals surface area (Å²) >= 11 is 3.60. The van der Waals surface area contributed by atoms with E-state index in [-0.39, 0.29) is 18.7 Å². The molecule has 4 heteroatoms. The fourth-order valence-electron chi connectivity index (χ4n) is 2.30. The highest BCUT2D eigenvalue weighted by molar-refractivity contribution is 9.10. The molecule has 1 aromatic rings. The minimum absolute atomic E-state index is 0.0438. The van der Waals surface area contributed by atoms with E-state index in [9.17, 15) is 0 Å². The number of hydrogen-bond acceptors (Lipinski definition) is 3. The van der Waals surface area contributed by atoms with Gasteiger partial charge in [0.1, 0.15) is 0 Å². The normalized spacial score (nSPS) is 14.8. The number of aliphatic hydroxyl groups is 1. The van der Waals surface area contributed by atoms with Gasteiger partial charge >= 0.3 is 0 Å². The average Bonchev–Trinajstić information content (AvgIpc) is 2.35. The first-order valence-corrected chi connectivity index (χ1v) is 7.26. The van der Waals surface area contributed by atoms with Crippen molar-refractivity contribution < 1.29 is 5.11 Å². The van der Waals surface area contributed by atoms with Crippen molar-refractivity contribution >= 4 is 15.9 Å². The Bertz CT molecular complexity index is 357. The van der Waals surface area contributed by atoms with Gasteiger partial charge in [0, 0.05) is 23.7 Å². The van der Waals surface area contributed by atoms with Crippen molar-refractivity contribution in [3.05, 3.63) is 34.3 Å². The van der Waals surface area contributed by atoms with E-state index in [1.807, 2.05) is 25.1 Å². The van der Waals surface area contributed by atoms with E-state index in [1.54, 1.807) is 0 Å². The molecule has 102 valence electrons. The van der Waals surface area contributed by atoms with Crippen molar-refractivity contribution in [1.29, 1.82) is 0 Å². The molecule has 0 spiro atoms.